The lowest BCUT2D eigenvalue weighted by atomic mass is 9.82. The van der Waals surface area contributed by atoms with Crippen LogP contribution in [0.1, 0.15) is 25.0 Å². The first-order chi connectivity index (χ1) is 31.0. The largest absolute Gasteiger partial charge is 0.208 e. The van der Waals surface area contributed by atoms with Gasteiger partial charge in [0.05, 0.1) is 0 Å². The first kappa shape index (κ1) is 36.8. The molecule has 1 aliphatic rings. The highest BCUT2D eigenvalue weighted by Gasteiger charge is 2.35. The Hall–Kier alpha value is -8.01. The molecule has 0 spiro atoms. The second-order valence-corrected chi connectivity index (χ2v) is 17.2. The molecule has 3 nitrogen and oxygen atoms in total. The van der Waals surface area contributed by atoms with Crippen molar-refractivity contribution < 1.29 is 0 Å². The van der Waals surface area contributed by atoms with Gasteiger partial charge in [-0.2, -0.15) is 0 Å². The molecule has 0 bridgehead atoms. The zero-order valence-corrected chi connectivity index (χ0v) is 35.0. The van der Waals surface area contributed by atoms with Gasteiger partial charge < -0.3 is 0 Å². The van der Waals surface area contributed by atoms with Crippen LogP contribution < -0.4 is 0 Å². The van der Waals surface area contributed by atoms with Crippen LogP contribution in [0.5, 0.6) is 0 Å². The van der Waals surface area contributed by atoms with Crippen LogP contribution in [0.4, 0.5) is 0 Å². The Morgan fingerprint density at radius 3 is 1.56 bits per heavy atom. The van der Waals surface area contributed by atoms with Gasteiger partial charge in [0.2, 0.25) is 0 Å². The minimum atomic E-state index is -0.0668. The van der Waals surface area contributed by atoms with Gasteiger partial charge in [-0.1, -0.05) is 214 Å². The molecule has 0 saturated carbocycles. The first-order valence-corrected chi connectivity index (χ1v) is 21.7. The van der Waals surface area contributed by atoms with E-state index in [2.05, 4.69) is 220 Å². The molecule has 10 aromatic carbocycles. The molecule has 12 rings (SSSR count). The van der Waals surface area contributed by atoms with Crippen molar-refractivity contribution in [2.75, 3.05) is 0 Å². The summed E-state index contributed by atoms with van der Waals surface area (Å²) in [6, 6.07) is 76.2. The molecule has 63 heavy (non-hydrogen) atoms. The topological polar surface area (TPSA) is 38.7 Å². The highest BCUT2D eigenvalue weighted by molar-refractivity contribution is 6.20. The van der Waals surface area contributed by atoms with Gasteiger partial charge in [-0.25, -0.2) is 15.0 Å². The number of hydrogen-bond donors (Lipinski definition) is 0. The third-order valence-electron chi connectivity index (χ3n) is 13.1. The third kappa shape index (κ3) is 6.15. The van der Waals surface area contributed by atoms with E-state index in [9.17, 15) is 0 Å². The van der Waals surface area contributed by atoms with E-state index in [1.807, 2.05) is 6.07 Å². The zero-order valence-electron chi connectivity index (χ0n) is 35.0. The van der Waals surface area contributed by atoms with Crippen LogP contribution in [0.15, 0.2) is 212 Å². The highest BCUT2D eigenvalue weighted by atomic mass is 15.0. The maximum atomic E-state index is 5.30. The Morgan fingerprint density at radius 1 is 0.286 bits per heavy atom. The van der Waals surface area contributed by atoms with Crippen molar-refractivity contribution in [3.05, 3.63) is 223 Å². The van der Waals surface area contributed by atoms with Crippen LogP contribution in [-0.4, -0.2) is 15.0 Å². The summed E-state index contributed by atoms with van der Waals surface area (Å²) in [5, 5.41) is 7.44. The number of aromatic nitrogens is 3. The fraction of sp³-hybridized carbons (Fsp3) is 0.0500. The van der Waals surface area contributed by atoms with E-state index in [0.717, 1.165) is 38.9 Å². The third-order valence-corrected chi connectivity index (χ3v) is 13.1. The lowest BCUT2D eigenvalue weighted by Gasteiger charge is -2.21. The lowest BCUT2D eigenvalue weighted by molar-refractivity contribution is 0.660. The van der Waals surface area contributed by atoms with Crippen LogP contribution >= 0.6 is 0 Å². The Bertz CT molecular complexity index is 3570. The van der Waals surface area contributed by atoms with Crippen molar-refractivity contribution in [3.63, 3.8) is 0 Å². The molecule has 0 radical (unpaired) electrons. The van der Waals surface area contributed by atoms with E-state index in [4.69, 9.17) is 15.0 Å². The van der Waals surface area contributed by atoms with Crippen LogP contribution in [-0.2, 0) is 5.41 Å². The summed E-state index contributed by atoms with van der Waals surface area (Å²) in [7, 11) is 0. The Labute approximate surface area is 367 Å². The number of fused-ring (bicyclic) bond motifs is 7. The first-order valence-electron chi connectivity index (χ1n) is 21.7. The quantitative estimate of drug-likeness (QED) is 0.124. The minimum absolute atomic E-state index is 0.0668. The fourth-order valence-corrected chi connectivity index (χ4v) is 9.93. The molecule has 1 aromatic heterocycles. The molecule has 1 heterocycles. The molecule has 0 unspecified atom stereocenters. The van der Waals surface area contributed by atoms with Crippen molar-refractivity contribution in [2.45, 2.75) is 19.3 Å². The summed E-state index contributed by atoms with van der Waals surface area (Å²) in [5.74, 6) is 1.89. The lowest BCUT2D eigenvalue weighted by Crippen LogP contribution is -2.14. The second kappa shape index (κ2) is 14.6. The van der Waals surface area contributed by atoms with Crippen LogP contribution in [0.25, 0.3) is 111 Å². The van der Waals surface area contributed by atoms with E-state index in [0.29, 0.717) is 17.5 Å². The van der Waals surface area contributed by atoms with Crippen molar-refractivity contribution >= 4 is 32.3 Å². The summed E-state index contributed by atoms with van der Waals surface area (Å²) < 4.78 is 0. The van der Waals surface area contributed by atoms with E-state index in [-0.39, 0.29) is 5.41 Å². The summed E-state index contributed by atoms with van der Waals surface area (Å²) in [6.45, 7) is 4.65. The molecule has 0 saturated heterocycles. The minimum Gasteiger partial charge on any atom is -0.208 e. The highest BCUT2D eigenvalue weighted by Crippen LogP contribution is 2.50. The standard InChI is InChI=1S/C60H41N3/c1-60(2)54-23-13-12-21-49(54)53-37-45(33-35-55(53)60)47-19-10-11-22-51(47)59-62-57(42-28-24-39(25-29-42)38-14-4-3-5-15-38)61-58(63-59)43-30-26-41(27-31-43)56-48-20-9-7-17-44(48)36-52-46-18-8-6-16-40(46)32-34-50(52)56/h3-37H,1-2H3. The molecule has 296 valence electrons. The number of rotatable bonds is 6. The molecule has 0 N–H and O–H groups in total. The van der Waals surface area contributed by atoms with Gasteiger partial charge in [-0.3, -0.25) is 0 Å². The molecule has 3 heteroatoms. The Balaban J connectivity index is 1.01. The smallest absolute Gasteiger partial charge is 0.164 e. The number of benzene rings is 10. The van der Waals surface area contributed by atoms with Gasteiger partial charge in [0.15, 0.2) is 17.5 Å². The maximum absolute atomic E-state index is 5.30. The van der Waals surface area contributed by atoms with E-state index in [1.54, 1.807) is 0 Å². The molecule has 1 aliphatic carbocycles. The Morgan fingerprint density at radius 2 is 0.810 bits per heavy atom. The zero-order chi connectivity index (χ0) is 42.1. The average molecular weight is 804 g/mol. The summed E-state index contributed by atoms with van der Waals surface area (Å²) in [5.41, 5.74) is 14.9. The maximum Gasteiger partial charge on any atom is 0.164 e. The van der Waals surface area contributed by atoms with Gasteiger partial charge in [0.25, 0.3) is 0 Å². The molecular weight excluding hydrogens is 763 g/mol. The van der Waals surface area contributed by atoms with E-state index in [1.165, 1.54) is 65.7 Å². The van der Waals surface area contributed by atoms with Crippen molar-refractivity contribution in [3.8, 4) is 78.7 Å². The van der Waals surface area contributed by atoms with Gasteiger partial charge in [0.1, 0.15) is 0 Å². The van der Waals surface area contributed by atoms with Gasteiger partial charge >= 0.3 is 0 Å². The molecule has 0 atom stereocenters. The number of nitrogens with zero attached hydrogens (tertiary/aromatic N) is 3. The van der Waals surface area contributed by atoms with Gasteiger partial charge in [0, 0.05) is 22.1 Å². The van der Waals surface area contributed by atoms with Crippen LogP contribution in [0, 0.1) is 0 Å². The summed E-state index contributed by atoms with van der Waals surface area (Å²) in [6.07, 6.45) is 0. The fourth-order valence-electron chi connectivity index (χ4n) is 9.93. The van der Waals surface area contributed by atoms with Gasteiger partial charge in [-0.05, 0) is 100 Å². The molecule has 0 fully saturated rings. The molecule has 11 aromatic rings. The van der Waals surface area contributed by atoms with Crippen LogP contribution in [0.2, 0.25) is 0 Å². The van der Waals surface area contributed by atoms with Crippen molar-refractivity contribution in [1.29, 1.82) is 0 Å². The summed E-state index contributed by atoms with van der Waals surface area (Å²) in [4.78, 5) is 15.8. The predicted octanol–water partition coefficient (Wildman–Crippen LogP) is 15.6. The van der Waals surface area contributed by atoms with E-state index >= 15 is 0 Å². The van der Waals surface area contributed by atoms with E-state index < -0.39 is 0 Å². The monoisotopic (exact) mass is 803 g/mol. The predicted molar refractivity (Wildman–Crippen MR) is 263 cm³/mol. The molecule has 0 aliphatic heterocycles. The van der Waals surface area contributed by atoms with Crippen molar-refractivity contribution in [2.24, 2.45) is 0 Å². The second-order valence-electron chi connectivity index (χ2n) is 17.2. The van der Waals surface area contributed by atoms with Gasteiger partial charge in [-0.15, -0.1) is 0 Å². The normalized spacial score (nSPS) is 12.7. The van der Waals surface area contributed by atoms with Crippen molar-refractivity contribution in [1.82, 2.24) is 15.0 Å². The Kier molecular flexibility index (Phi) is 8.52. The summed E-state index contributed by atoms with van der Waals surface area (Å²) >= 11 is 0. The average Bonchev–Trinajstić information content (AvgIpc) is 3.58. The SMILES string of the molecule is CC1(C)c2ccccc2-c2cc(-c3ccccc3-c3nc(-c4ccc(-c5ccccc5)cc4)nc(-c4ccc(-c5c6ccccc6cc6c5ccc5ccccc56)cc4)n3)ccc21. The van der Waals surface area contributed by atoms with Crippen LogP contribution in [0.3, 0.4) is 0 Å². The molecule has 0 amide bonds. The number of hydrogen-bond acceptors (Lipinski definition) is 3. The molecular formula is C60H41N3.